The molecule has 0 fully saturated rings. The molecule has 0 unspecified atom stereocenters. The number of nitrogens with two attached hydrogens (primary N) is 1. The normalized spacial score (nSPS) is 19.6. The van der Waals surface area contributed by atoms with Crippen molar-refractivity contribution in [2.75, 3.05) is 6.54 Å². The SMILES string of the molecule is NC(=O)C1=CN(Cc2ccccc2)CC[C@@H]1C(F)(F)F. The molecule has 0 aromatic heterocycles. The summed E-state index contributed by atoms with van der Waals surface area (Å²) >= 11 is 0. The lowest BCUT2D eigenvalue weighted by atomic mass is 9.91. The summed E-state index contributed by atoms with van der Waals surface area (Å²) in [6.45, 7) is 0.706. The van der Waals surface area contributed by atoms with Gasteiger partial charge in [-0.25, -0.2) is 0 Å². The van der Waals surface area contributed by atoms with Crippen molar-refractivity contribution in [3.05, 3.63) is 47.7 Å². The first-order chi connectivity index (χ1) is 9.38. The Morgan fingerprint density at radius 3 is 2.50 bits per heavy atom. The van der Waals surface area contributed by atoms with Crippen LogP contribution >= 0.6 is 0 Å². The van der Waals surface area contributed by atoms with Crippen LogP contribution in [0.3, 0.4) is 0 Å². The molecule has 0 saturated heterocycles. The van der Waals surface area contributed by atoms with Gasteiger partial charge < -0.3 is 10.6 Å². The molecule has 1 aliphatic rings. The van der Waals surface area contributed by atoms with Crippen molar-refractivity contribution in [2.24, 2.45) is 11.7 Å². The van der Waals surface area contributed by atoms with Crippen molar-refractivity contribution in [1.29, 1.82) is 0 Å². The van der Waals surface area contributed by atoms with Crippen LogP contribution in [0.15, 0.2) is 42.1 Å². The van der Waals surface area contributed by atoms with Crippen LogP contribution in [0.4, 0.5) is 13.2 Å². The molecule has 2 N–H and O–H groups in total. The average Bonchev–Trinajstić information content (AvgIpc) is 2.38. The Balaban J connectivity index is 2.19. The van der Waals surface area contributed by atoms with Gasteiger partial charge in [0, 0.05) is 24.9 Å². The molecule has 1 amide bonds. The minimum absolute atomic E-state index is 0.148. The zero-order valence-electron chi connectivity index (χ0n) is 10.7. The van der Waals surface area contributed by atoms with Crippen molar-refractivity contribution >= 4 is 5.91 Å². The number of halogens is 3. The monoisotopic (exact) mass is 284 g/mol. The lowest BCUT2D eigenvalue weighted by Gasteiger charge is -2.32. The number of hydrogen-bond donors (Lipinski definition) is 1. The van der Waals surface area contributed by atoms with E-state index in [1.165, 1.54) is 6.20 Å². The van der Waals surface area contributed by atoms with Crippen molar-refractivity contribution in [2.45, 2.75) is 19.1 Å². The number of alkyl halides is 3. The summed E-state index contributed by atoms with van der Waals surface area (Å²) in [7, 11) is 0. The molecule has 1 atom stereocenters. The first-order valence-electron chi connectivity index (χ1n) is 6.24. The second-order valence-corrected chi connectivity index (χ2v) is 4.79. The highest BCUT2D eigenvalue weighted by molar-refractivity contribution is 5.92. The second-order valence-electron chi connectivity index (χ2n) is 4.79. The summed E-state index contributed by atoms with van der Waals surface area (Å²) in [5, 5.41) is 0. The average molecular weight is 284 g/mol. The summed E-state index contributed by atoms with van der Waals surface area (Å²) in [5.74, 6) is -2.77. The highest BCUT2D eigenvalue weighted by atomic mass is 19.4. The number of rotatable bonds is 3. The van der Waals surface area contributed by atoms with Gasteiger partial charge >= 0.3 is 6.18 Å². The maximum Gasteiger partial charge on any atom is 0.396 e. The fourth-order valence-corrected chi connectivity index (χ4v) is 2.32. The third-order valence-electron chi connectivity index (χ3n) is 3.31. The van der Waals surface area contributed by atoms with E-state index >= 15 is 0 Å². The number of nitrogens with zero attached hydrogens (tertiary/aromatic N) is 1. The van der Waals surface area contributed by atoms with Crippen molar-refractivity contribution < 1.29 is 18.0 Å². The quantitative estimate of drug-likeness (QED) is 0.926. The molecule has 20 heavy (non-hydrogen) atoms. The molecule has 0 bridgehead atoms. The van der Waals surface area contributed by atoms with Crippen LogP contribution in [0.2, 0.25) is 0 Å². The molecule has 1 aromatic rings. The third kappa shape index (κ3) is 3.31. The molecule has 108 valence electrons. The molecule has 2 rings (SSSR count). The summed E-state index contributed by atoms with van der Waals surface area (Å²) in [6, 6.07) is 9.35. The first-order valence-corrected chi connectivity index (χ1v) is 6.24. The van der Waals surface area contributed by atoms with Crippen LogP contribution in [-0.4, -0.2) is 23.5 Å². The van der Waals surface area contributed by atoms with Gasteiger partial charge in [0.2, 0.25) is 5.91 Å². The van der Waals surface area contributed by atoms with Crippen molar-refractivity contribution in [1.82, 2.24) is 4.90 Å². The van der Waals surface area contributed by atoms with Gasteiger partial charge in [-0.05, 0) is 12.0 Å². The van der Waals surface area contributed by atoms with E-state index in [2.05, 4.69) is 0 Å². The van der Waals surface area contributed by atoms with Gasteiger partial charge in [-0.2, -0.15) is 13.2 Å². The highest BCUT2D eigenvalue weighted by Crippen LogP contribution is 2.37. The molecule has 3 nitrogen and oxygen atoms in total. The van der Waals surface area contributed by atoms with Gasteiger partial charge in [0.05, 0.1) is 5.92 Å². The summed E-state index contributed by atoms with van der Waals surface area (Å²) in [4.78, 5) is 12.9. The van der Waals surface area contributed by atoms with E-state index in [-0.39, 0.29) is 18.5 Å². The van der Waals surface area contributed by atoms with Gasteiger partial charge in [-0.15, -0.1) is 0 Å². The van der Waals surface area contributed by atoms with Crippen molar-refractivity contribution in [3.8, 4) is 0 Å². The fraction of sp³-hybridized carbons (Fsp3) is 0.357. The smallest absolute Gasteiger partial charge is 0.373 e. The van der Waals surface area contributed by atoms with Crippen LogP contribution in [0.25, 0.3) is 0 Å². The summed E-state index contributed by atoms with van der Waals surface area (Å²) in [5.41, 5.74) is 5.68. The maximum atomic E-state index is 12.8. The molecule has 1 aliphatic heterocycles. The molecule has 1 heterocycles. The fourth-order valence-electron chi connectivity index (χ4n) is 2.32. The van der Waals surface area contributed by atoms with E-state index in [9.17, 15) is 18.0 Å². The number of amides is 1. The zero-order chi connectivity index (χ0) is 14.8. The predicted molar refractivity (Wildman–Crippen MR) is 68.3 cm³/mol. The lowest BCUT2D eigenvalue weighted by molar-refractivity contribution is -0.170. The van der Waals surface area contributed by atoms with Crippen LogP contribution in [0, 0.1) is 5.92 Å². The van der Waals surface area contributed by atoms with Gasteiger partial charge in [0.1, 0.15) is 0 Å². The Hall–Kier alpha value is -1.98. The van der Waals surface area contributed by atoms with Gasteiger partial charge in [0.25, 0.3) is 0 Å². The summed E-state index contributed by atoms with van der Waals surface area (Å²) < 4.78 is 38.5. The Kier molecular flexibility index (Phi) is 4.01. The second kappa shape index (κ2) is 5.56. The van der Waals surface area contributed by atoms with Crippen molar-refractivity contribution in [3.63, 3.8) is 0 Å². The minimum atomic E-state index is -4.43. The first kappa shape index (κ1) is 14.4. The Morgan fingerprint density at radius 1 is 1.30 bits per heavy atom. The van der Waals surface area contributed by atoms with Crippen LogP contribution < -0.4 is 5.73 Å². The van der Waals surface area contributed by atoms with E-state index < -0.39 is 18.0 Å². The molecule has 0 aliphatic carbocycles. The molecule has 0 saturated carbocycles. The molecule has 6 heteroatoms. The topological polar surface area (TPSA) is 46.3 Å². The van der Waals surface area contributed by atoms with Crippen LogP contribution in [0.5, 0.6) is 0 Å². The molecular weight excluding hydrogens is 269 g/mol. The number of hydrogen-bond acceptors (Lipinski definition) is 2. The zero-order valence-corrected chi connectivity index (χ0v) is 10.7. The van der Waals surface area contributed by atoms with E-state index in [0.717, 1.165) is 5.56 Å². The largest absolute Gasteiger partial charge is 0.396 e. The molecule has 0 spiro atoms. The summed E-state index contributed by atoms with van der Waals surface area (Å²) in [6.07, 6.45) is -3.33. The van der Waals surface area contributed by atoms with E-state index in [0.29, 0.717) is 6.54 Å². The van der Waals surface area contributed by atoms with E-state index in [1.807, 2.05) is 30.3 Å². The minimum Gasteiger partial charge on any atom is -0.373 e. The highest BCUT2D eigenvalue weighted by Gasteiger charge is 2.45. The van der Waals surface area contributed by atoms with Crippen LogP contribution in [0.1, 0.15) is 12.0 Å². The number of primary amides is 1. The van der Waals surface area contributed by atoms with Gasteiger partial charge in [-0.1, -0.05) is 30.3 Å². The number of carbonyl (C=O) groups excluding carboxylic acids is 1. The van der Waals surface area contributed by atoms with E-state index in [4.69, 9.17) is 5.73 Å². The Labute approximate surface area is 114 Å². The van der Waals surface area contributed by atoms with E-state index in [1.54, 1.807) is 4.90 Å². The molecule has 0 radical (unpaired) electrons. The van der Waals surface area contributed by atoms with Crippen LogP contribution in [-0.2, 0) is 11.3 Å². The molecular formula is C14H15F3N2O. The maximum absolute atomic E-state index is 12.8. The number of carbonyl (C=O) groups is 1. The third-order valence-corrected chi connectivity index (χ3v) is 3.31. The molecule has 1 aromatic carbocycles. The Morgan fingerprint density at radius 2 is 1.95 bits per heavy atom. The van der Waals surface area contributed by atoms with Gasteiger partial charge in [-0.3, -0.25) is 4.79 Å². The lowest BCUT2D eigenvalue weighted by Crippen LogP contribution is -2.38. The standard InChI is InChI=1S/C14H15F3N2O/c15-14(16,17)12-6-7-19(9-11(12)13(18)20)8-10-4-2-1-3-5-10/h1-5,9,12H,6-8H2,(H2,18,20)/t12-/m0/s1. The Bertz CT molecular complexity index is 511. The predicted octanol–water partition coefficient (Wildman–Crippen LogP) is 2.44. The van der Waals surface area contributed by atoms with Gasteiger partial charge in [0.15, 0.2) is 0 Å². The number of benzene rings is 1.